The van der Waals surface area contributed by atoms with E-state index in [1.807, 2.05) is 0 Å². The lowest BCUT2D eigenvalue weighted by atomic mass is 9.99. The molecule has 0 saturated carbocycles. The molecule has 0 radical (unpaired) electrons. The first-order chi connectivity index (χ1) is 21.6. The maximum Gasteiger partial charge on any atom is 0.416 e. The molecule has 4 rings (SSSR count). The van der Waals surface area contributed by atoms with Crippen LogP contribution in [0.25, 0.3) is 0 Å². The molecule has 3 atom stereocenters. The van der Waals surface area contributed by atoms with Crippen molar-refractivity contribution in [2.75, 3.05) is 44.5 Å². The fourth-order valence-electron chi connectivity index (χ4n) is 4.87. The second-order valence-electron chi connectivity index (χ2n) is 10.9. The number of halogens is 3. The van der Waals surface area contributed by atoms with Crippen LogP contribution in [0.2, 0.25) is 0 Å². The molecular formula is C31H35F3N4O7S. The van der Waals surface area contributed by atoms with E-state index in [0.717, 1.165) is 28.6 Å². The zero-order chi connectivity index (χ0) is 33.8. The van der Waals surface area contributed by atoms with Crippen molar-refractivity contribution in [2.45, 2.75) is 37.1 Å². The highest BCUT2D eigenvalue weighted by Gasteiger charge is 2.36. The molecule has 3 amide bonds. The molecule has 1 heterocycles. The molecule has 46 heavy (non-hydrogen) atoms. The number of aliphatic hydroxyl groups is 1. The number of hydrogen-bond acceptors (Lipinski definition) is 7. The predicted molar refractivity (Wildman–Crippen MR) is 165 cm³/mol. The summed E-state index contributed by atoms with van der Waals surface area (Å²) < 4.78 is 78.3. The van der Waals surface area contributed by atoms with Crippen molar-refractivity contribution in [1.29, 1.82) is 0 Å². The van der Waals surface area contributed by atoms with Crippen molar-refractivity contribution in [3.63, 3.8) is 0 Å². The molecule has 0 saturated heterocycles. The number of nitrogens with zero attached hydrogens (tertiary/aromatic N) is 2. The van der Waals surface area contributed by atoms with Crippen LogP contribution in [0.15, 0.2) is 71.6 Å². The summed E-state index contributed by atoms with van der Waals surface area (Å²) in [4.78, 5) is 28.1. The molecule has 0 bridgehead atoms. The minimum absolute atomic E-state index is 0.0303. The smallest absolute Gasteiger partial charge is 0.416 e. The number of para-hydroxylation sites is 1. The molecule has 1 aliphatic heterocycles. The highest BCUT2D eigenvalue weighted by Crippen LogP contribution is 2.36. The average Bonchev–Trinajstić information content (AvgIpc) is 3.02. The first kappa shape index (κ1) is 34.5. The number of anilines is 2. The van der Waals surface area contributed by atoms with Gasteiger partial charge >= 0.3 is 12.2 Å². The fourth-order valence-corrected chi connectivity index (χ4v) is 6.05. The molecule has 0 spiro atoms. The first-order valence-electron chi connectivity index (χ1n) is 14.2. The van der Waals surface area contributed by atoms with Gasteiger partial charge in [0, 0.05) is 25.2 Å². The van der Waals surface area contributed by atoms with Crippen LogP contribution in [-0.4, -0.2) is 80.7 Å². The Kier molecular flexibility index (Phi) is 10.5. The Morgan fingerprint density at radius 1 is 1.11 bits per heavy atom. The first-order valence-corrected chi connectivity index (χ1v) is 15.7. The number of sulfonamides is 1. The number of rotatable bonds is 9. The van der Waals surface area contributed by atoms with Crippen LogP contribution in [-0.2, 0) is 16.2 Å². The van der Waals surface area contributed by atoms with Crippen LogP contribution in [0.3, 0.4) is 0 Å². The van der Waals surface area contributed by atoms with Gasteiger partial charge in [0.15, 0.2) is 5.75 Å². The Bertz CT molecular complexity index is 1650. The fraction of sp³-hybridized carbons (Fsp3) is 0.355. The Morgan fingerprint density at radius 2 is 1.76 bits per heavy atom. The van der Waals surface area contributed by atoms with Gasteiger partial charge in [-0.05, 0) is 67.6 Å². The summed E-state index contributed by atoms with van der Waals surface area (Å²) in [5.41, 5.74) is -0.673. The summed E-state index contributed by atoms with van der Waals surface area (Å²) >= 11 is 0. The van der Waals surface area contributed by atoms with Gasteiger partial charge in [-0.15, -0.1) is 0 Å². The summed E-state index contributed by atoms with van der Waals surface area (Å²) in [5, 5.41) is 14.9. The maximum atomic E-state index is 13.7. The van der Waals surface area contributed by atoms with E-state index < -0.39 is 51.8 Å². The Hall–Kier alpha value is -4.34. The molecule has 0 fully saturated rings. The molecule has 15 heteroatoms. The molecule has 0 unspecified atom stereocenters. The van der Waals surface area contributed by atoms with Gasteiger partial charge in [-0.3, -0.25) is 4.79 Å². The summed E-state index contributed by atoms with van der Waals surface area (Å²) in [6.07, 6.45) is -5.37. The minimum Gasteiger partial charge on any atom is -0.497 e. The van der Waals surface area contributed by atoms with Gasteiger partial charge in [-0.2, -0.15) is 17.5 Å². The molecule has 248 valence electrons. The van der Waals surface area contributed by atoms with Crippen molar-refractivity contribution in [1.82, 2.24) is 9.21 Å². The number of aliphatic hydroxyl groups excluding tert-OH is 1. The highest BCUT2D eigenvalue weighted by molar-refractivity contribution is 7.89. The van der Waals surface area contributed by atoms with E-state index in [9.17, 15) is 36.3 Å². The lowest BCUT2D eigenvalue weighted by Crippen LogP contribution is -2.50. The molecule has 3 N–H and O–H groups in total. The summed E-state index contributed by atoms with van der Waals surface area (Å²) in [6.45, 7) is 3.10. The van der Waals surface area contributed by atoms with Crippen molar-refractivity contribution in [3.8, 4) is 11.5 Å². The number of fused-ring (bicyclic) bond motifs is 1. The molecule has 3 aromatic rings. The van der Waals surface area contributed by atoms with Gasteiger partial charge in [-0.1, -0.05) is 13.0 Å². The van der Waals surface area contributed by atoms with Gasteiger partial charge < -0.3 is 30.1 Å². The topological polar surface area (TPSA) is 138 Å². The number of amides is 3. The predicted octanol–water partition coefficient (Wildman–Crippen LogP) is 4.90. The number of likely N-dealkylation sites (N-methyl/N-ethyl adjacent to an activating group) is 1. The van der Waals surface area contributed by atoms with E-state index in [-0.39, 0.29) is 47.3 Å². The van der Waals surface area contributed by atoms with Crippen LogP contribution >= 0.6 is 0 Å². The van der Waals surface area contributed by atoms with E-state index in [2.05, 4.69) is 10.6 Å². The number of benzene rings is 3. The average molecular weight is 665 g/mol. The van der Waals surface area contributed by atoms with E-state index in [1.165, 1.54) is 61.5 Å². The zero-order valence-corrected chi connectivity index (χ0v) is 26.4. The van der Waals surface area contributed by atoms with Crippen LogP contribution in [0.1, 0.15) is 29.8 Å². The Morgan fingerprint density at radius 3 is 2.35 bits per heavy atom. The highest BCUT2D eigenvalue weighted by atomic mass is 32.2. The molecule has 11 nitrogen and oxygen atoms in total. The third-order valence-corrected chi connectivity index (χ3v) is 9.45. The van der Waals surface area contributed by atoms with Gasteiger partial charge in [0.2, 0.25) is 10.0 Å². The van der Waals surface area contributed by atoms with Crippen molar-refractivity contribution in [3.05, 3.63) is 77.9 Å². The monoisotopic (exact) mass is 664 g/mol. The molecule has 0 aliphatic carbocycles. The summed E-state index contributed by atoms with van der Waals surface area (Å²) in [6, 6.07) is 12.8. The van der Waals surface area contributed by atoms with Crippen LogP contribution in [0.5, 0.6) is 11.5 Å². The minimum atomic E-state index is -4.54. The Balaban J connectivity index is 1.65. The van der Waals surface area contributed by atoms with Gasteiger partial charge in [0.05, 0.1) is 48.0 Å². The number of methoxy groups -OCH3 is 1. The number of urea groups is 1. The molecule has 1 aliphatic rings. The van der Waals surface area contributed by atoms with Crippen molar-refractivity contribution in [2.24, 2.45) is 5.92 Å². The van der Waals surface area contributed by atoms with E-state index in [0.29, 0.717) is 5.75 Å². The number of carbonyl (C=O) groups is 2. The second-order valence-corrected chi connectivity index (χ2v) is 13.0. The number of ether oxygens (including phenoxy) is 2. The summed E-state index contributed by atoms with van der Waals surface area (Å²) in [7, 11) is -1.11. The van der Waals surface area contributed by atoms with Crippen LogP contribution in [0.4, 0.5) is 29.3 Å². The van der Waals surface area contributed by atoms with Gasteiger partial charge in [-0.25, -0.2) is 13.2 Å². The number of carbonyl (C=O) groups excluding carboxylic acids is 2. The van der Waals surface area contributed by atoms with E-state index in [1.54, 1.807) is 13.8 Å². The second kappa shape index (κ2) is 14.0. The lowest BCUT2D eigenvalue weighted by molar-refractivity contribution is -0.137. The number of hydrogen-bond donors (Lipinski definition) is 3. The third-order valence-electron chi connectivity index (χ3n) is 7.61. The lowest BCUT2D eigenvalue weighted by Gasteiger charge is -2.38. The SMILES string of the molecule is COc1ccc(S(=O)(=O)N(C)C[C@@H]2Oc3c(NC(=O)Nc4ccc(C(F)(F)F)cc4)cccc3C(=O)N([C@H](C)CO)C[C@H]2C)cc1. The van der Waals surface area contributed by atoms with Crippen molar-refractivity contribution >= 4 is 33.3 Å². The van der Waals surface area contributed by atoms with Gasteiger partial charge in [0.25, 0.3) is 5.91 Å². The van der Waals surface area contributed by atoms with Crippen LogP contribution in [0, 0.1) is 5.92 Å². The van der Waals surface area contributed by atoms with E-state index >= 15 is 0 Å². The van der Waals surface area contributed by atoms with Gasteiger partial charge in [0.1, 0.15) is 11.9 Å². The number of nitrogens with one attached hydrogen (secondary N) is 2. The normalized spacial score (nSPS) is 17.8. The maximum absolute atomic E-state index is 13.7. The molecular weight excluding hydrogens is 629 g/mol. The molecule has 0 aromatic heterocycles. The third kappa shape index (κ3) is 7.71. The number of alkyl halides is 3. The molecule has 3 aromatic carbocycles. The van der Waals surface area contributed by atoms with E-state index in [4.69, 9.17) is 9.47 Å². The largest absolute Gasteiger partial charge is 0.497 e. The standard InChI is InChI=1S/C31H35F3N4O7S/c1-19-16-38(20(2)18-39)29(40)25-6-5-7-26(36-30(41)35-22-10-8-21(9-11-22)31(32,33)34)28(25)45-27(19)17-37(3)46(42,43)24-14-12-23(44-4)13-15-24/h5-15,19-20,27,39H,16-18H2,1-4H3,(H2,35,36,41)/t19-,20-,27+/m1/s1. The quantitative estimate of drug-likeness (QED) is 0.296. The van der Waals surface area contributed by atoms with Crippen molar-refractivity contribution < 1.29 is 45.8 Å². The summed E-state index contributed by atoms with van der Waals surface area (Å²) in [5.74, 6) is -0.473. The van der Waals surface area contributed by atoms with Crippen LogP contribution < -0.4 is 20.1 Å². The zero-order valence-electron chi connectivity index (χ0n) is 25.5. The Labute approximate surface area is 265 Å².